The van der Waals surface area contributed by atoms with Gasteiger partial charge in [-0.2, -0.15) is 0 Å². The topological polar surface area (TPSA) is 22.4 Å². The normalized spacial score (nSPS) is 12.4. The summed E-state index contributed by atoms with van der Waals surface area (Å²) in [6.45, 7) is 0. The summed E-state index contributed by atoms with van der Waals surface area (Å²) in [4.78, 5) is 0. The molecule has 1 aliphatic rings. The van der Waals surface area contributed by atoms with Gasteiger partial charge < -0.3 is 9.15 Å². The van der Waals surface area contributed by atoms with Gasteiger partial charge in [0, 0.05) is 41.9 Å². The number of thiophene rings is 1. The predicted octanol–water partition coefficient (Wildman–Crippen LogP) is 12.2. The molecule has 3 heteroatoms. The molecule has 0 N–H and O–H groups in total. The van der Waals surface area contributed by atoms with Crippen LogP contribution in [0.2, 0.25) is 0 Å². The molecule has 43 heavy (non-hydrogen) atoms. The highest BCUT2D eigenvalue weighted by molar-refractivity contribution is 7.26. The van der Waals surface area contributed by atoms with Gasteiger partial charge in [-0.05, 0) is 81.7 Å². The van der Waals surface area contributed by atoms with Crippen molar-refractivity contribution in [3.63, 3.8) is 0 Å². The quantitative estimate of drug-likeness (QED) is 0.208. The Hall–Kier alpha value is -5.38. The monoisotopic (exact) mass is 566 g/mol. The molecule has 200 valence electrons. The first-order valence-electron chi connectivity index (χ1n) is 14.5. The van der Waals surface area contributed by atoms with E-state index in [1.54, 1.807) is 0 Å². The first-order chi connectivity index (χ1) is 21.3. The third-order valence-corrected chi connectivity index (χ3v) is 10.1. The van der Waals surface area contributed by atoms with Crippen molar-refractivity contribution in [2.75, 3.05) is 0 Å². The molecule has 0 fully saturated rings. The Bertz CT molecular complexity index is 2600. The van der Waals surface area contributed by atoms with Gasteiger partial charge in [-0.25, -0.2) is 0 Å². The SMILES string of the molecule is c1cc2c3c(cccc3c1)-c1cc(-c3ccc4c(c3)oc3cc(-c5cccc6c5sc5ccccc56)ccc34)ccc1O2. The molecule has 0 unspecified atom stereocenters. The standard InChI is InChI=1S/C40H22O2S/c1-2-13-38-30(8-1)32-11-5-9-27(40(32)43-38)26-15-18-29-28-17-14-25(21-36(28)42-37(29)22-26)24-16-19-34-33(20-24)31-10-3-6-23-7-4-12-35(41-34)39(23)31/h1-22H. The molecule has 2 nitrogen and oxygen atoms in total. The van der Waals surface area contributed by atoms with Gasteiger partial charge in [-0.3, -0.25) is 0 Å². The fourth-order valence-corrected chi connectivity index (χ4v) is 8.08. The molecule has 7 aromatic carbocycles. The Balaban J connectivity index is 1.09. The zero-order chi connectivity index (χ0) is 28.1. The molecule has 9 aromatic rings. The number of benzene rings is 7. The van der Waals surface area contributed by atoms with Crippen molar-refractivity contribution in [1.29, 1.82) is 0 Å². The van der Waals surface area contributed by atoms with Crippen molar-refractivity contribution in [2.45, 2.75) is 0 Å². The second-order valence-electron chi connectivity index (χ2n) is 11.3. The molecule has 3 heterocycles. The number of hydrogen-bond donors (Lipinski definition) is 0. The molecule has 2 aromatic heterocycles. The Morgan fingerprint density at radius 2 is 1.14 bits per heavy atom. The molecule has 1 aliphatic heterocycles. The molecular formula is C40H22O2S. The van der Waals surface area contributed by atoms with Crippen LogP contribution in [0.25, 0.3) is 86.3 Å². The third kappa shape index (κ3) is 3.34. The Labute approximate surface area is 251 Å². The van der Waals surface area contributed by atoms with Crippen molar-refractivity contribution >= 4 is 64.2 Å². The molecule has 0 radical (unpaired) electrons. The Morgan fingerprint density at radius 1 is 0.442 bits per heavy atom. The van der Waals surface area contributed by atoms with E-state index in [-0.39, 0.29) is 0 Å². The van der Waals surface area contributed by atoms with Crippen molar-refractivity contribution in [3.8, 4) is 44.9 Å². The van der Waals surface area contributed by atoms with Crippen molar-refractivity contribution in [3.05, 3.63) is 133 Å². The molecule has 0 amide bonds. The van der Waals surface area contributed by atoms with Crippen molar-refractivity contribution < 1.29 is 9.15 Å². The van der Waals surface area contributed by atoms with Gasteiger partial charge in [0.05, 0.1) is 0 Å². The van der Waals surface area contributed by atoms with Crippen molar-refractivity contribution in [2.24, 2.45) is 0 Å². The van der Waals surface area contributed by atoms with Gasteiger partial charge in [0.2, 0.25) is 0 Å². The van der Waals surface area contributed by atoms with E-state index in [1.807, 2.05) is 17.4 Å². The van der Waals surface area contributed by atoms with Crippen LogP contribution < -0.4 is 4.74 Å². The fraction of sp³-hybridized carbons (Fsp3) is 0. The van der Waals surface area contributed by atoms with Crippen LogP contribution in [0.4, 0.5) is 0 Å². The van der Waals surface area contributed by atoms with E-state index in [9.17, 15) is 0 Å². The lowest BCUT2D eigenvalue weighted by Gasteiger charge is -2.21. The van der Waals surface area contributed by atoms with Gasteiger partial charge >= 0.3 is 0 Å². The summed E-state index contributed by atoms with van der Waals surface area (Å²) in [6, 6.07) is 47.6. The van der Waals surface area contributed by atoms with Crippen molar-refractivity contribution in [1.82, 2.24) is 0 Å². The second-order valence-corrected chi connectivity index (χ2v) is 12.3. The van der Waals surface area contributed by atoms with Gasteiger partial charge in [0.15, 0.2) is 0 Å². The first kappa shape index (κ1) is 23.2. The fourth-order valence-electron chi connectivity index (χ4n) is 6.84. The highest BCUT2D eigenvalue weighted by atomic mass is 32.1. The minimum atomic E-state index is 0.890. The number of furan rings is 1. The summed E-state index contributed by atoms with van der Waals surface area (Å²) in [7, 11) is 0. The maximum absolute atomic E-state index is 6.53. The minimum absolute atomic E-state index is 0.890. The molecule has 0 spiro atoms. The van der Waals surface area contributed by atoms with E-state index in [0.29, 0.717) is 0 Å². The third-order valence-electron chi connectivity index (χ3n) is 8.88. The Kier molecular flexibility index (Phi) is 4.63. The van der Waals surface area contributed by atoms with E-state index >= 15 is 0 Å². The maximum Gasteiger partial charge on any atom is 0.136 e. The first-order valence-corrected chi connectivity index (χ1v) is 15.3. The summed E-state index contributed by atoms with van der Waals surface area (Å²) in [5, 5.41) is 7.25. The summed E-state index contributed by atoms with van der Waals surface area (Å²) in [5.74, 6) is 1.81. The summed E-state index contributed by atoms with van der Waals surface area (Å²) < 4.78 is 15.5. The van der Waals surface area contributed by atoms with Crippen LogP contribution in [0.5, 0.6) is 11.5 Å². The summed E-state index contributed by atoms with van der Waals surface area (Å²) >= 11 is 1.86. The number of hydrogen-bond acceptors (Lipinski definition) is 3. The highest BCUT2D eigenvalue weighted by Crippen LogP contribution is 2.48. The van der Waals surface area contributed by atoms with E-state index in [1.165, 1.54) is 47.6 Å². The van der Waals surface area contributed by atoms with Gasteiger partial charge in [0.1, 0.15) is 22.7 Å². The highest BCUT2D eigenvalue weighted by Gasteiger charge is 2.20. The second kappa shape index (κ2) is 8.57. The number of rotatable bonds is 2. The summed E-state index contributed by atoms with van der Waals surface area (Å²) in [5.41, 5.74) is 8.81. The van der Waals surface area contributed by atoms with E-state index < -0.39 is 0 Å². The lowest BCUT2D eigenvalue weighted by Crippen LogP contribution is -1.97. The van der Waals surface area contributed by atoms with Crippen LogP contribution in [0.1, 0.15) is 0 Å². The zero-order valence-corrected chi connectivity index (χ0v) is 23.7. The number of fused-ring (bicyclic) bond motifs is 8. The van der Waals surface area contributed by atoms with Gasteiger partial charge in [0.25, 0.3) is 0 Å². The van der Waals surface area contributed by atoms with Crippen LogP contribution in [-0.2, 0) is 0 Å². The maximum atomic E-state index is 6.53. The minimum Gasteiger partial charge on any atom is -0.456 e. The van der Waals surface area contributed by atoms with E-state index in [4.69, 9.17) is 9.15 Å². The Morgan fingerprint density at radius 3 is 2.05 bits per heavy atom. The molecular weight excluding hydrogens is 545 g/mol. The van der Waals surface area contributed by atoms with Crippen LogP contribution in [0, 0.1) is 0 Å². The average Bonchev–Trinajstić information content (AvgIpc) is 3.62. The number of ether oxygens (including phenoxy) is 1. The van der Waals surface area contributed by atoms with Crippen LogP contribution in [-0.4, -0.2) is 0 Å². The zero-order valence-electron chi connectivity index (χ0n) is 22.9. The van der Waals surface area contributed by atoms with Crippen LogP contribution in [0.3, 0.4) is 0 Å². The van der Waals surface area contributed by atoms with Gasteiger partial charge in [-0.15, -0.1) is 11.3 Å². The predicted molar refractivity (Wildman–Crippen MR) is 180 cm³/mol. The summed E-state index contributed by atoms with van der Waals surface area (Å²) in [6.07, 6.45) is 0. The van der Waals surface area contributed by atoms with Crippen LogP contribution >= 0.6 is 11.3 Å². The van der Waals surface area contributed by atoms with E-state index in [0.717, 1.165) is 50.1 Å². The molecule has 0 saturated carbocycles. The molecule has 0 bridgehead atoms. The lowest BCUT2D eigenvalue weighted by molar-refractivity contribution is 0.487. The molecule has 0 aliphatic carbocycles. The van der Waals surface area contributed by atoms with Gasteiger partial charge in [-0.1, -0.05) is 84.9 Å². The molecule has 0 saturated heterocycles. The lowest BCUT2D eigenvalue weighted by atomic mass is 9.92. The van der Waals surface area contributed by atoms with E-state index in [2.05, 4.69) is 127 Å². The average molecular weight is 567 g/mol. The molecule has 0 atom stereocenters. The smallest absolute Gasteiger partial charge is 0.136 e. The largest absolute Gasteiger partial charge is 0.456 e. The van der Waals surface area contributed by atoms with Crippen LogP contribution in [0.15, 0.2) is 138 Å². The molecule has 10 rings (SSSR count).